The van der Waals surface area contributed by atoms with Crippen molar-refractivity contribution in [3.63, 3.8) is 0 Å². The lowest BCUT2D eigenvalue weighted by molar-refractivity contribution is -0.385. The molecule has 1 unspecified atom stereocenters. The molecule has 0 aromatic carbocycles. The maximum Gasteiger partial charge on any atom is 0.311 e. The summed E-state index contributed by atoms with van der Waals surface area (Å²) in [7, 11) is 0. The summed E-state index contributed by atoms with van der Waals surface area (Å²) in [4.78, 5) is 24.8. The number of nitro groups is 1. The van der Waals surface area contributed by atoms with Gasteiger partial charge in [0.25, 0.3) is 5.69 Å². The first-order valence-corrected chi connectivity index (χ1v) is 5.47. The van der Waals surface area contributed by atoms with Gasteiger partial charge < -0.3 is 10.4 Å². The fourth-order valence-electron chi connectivity index (χ4n) is 1.24. The Bertz CT molecular complexity index is 446. The van der Waals surface area contributed by atoms with E-state index in [4.69, 9.17) is 5.11 Å². The fourth-order valence-corrected chi connectivity index (χ4v) is 1.24. The van der Waals surface area contributed by atoms with Gasteiger partial charge in [-0.15, -0.1) is 0 Å². The van der Waals surface area contributed by atoms with Crippen molar-refractivity contribution < 1.29 is 14.8 Å². The van der Waals surface area contributed by atoms with Gasteiger partial charge in [-0.2, -0.15) is 0 Å². The molecule has 0 aliphatic rings. The average molecular weight is 253 g/mol. The smallest absolute Gasteiger partial charge is 0.311 e. The van der Waals surface area contributed by atoms with Gasteiger partial charge in [-0.3, -0.25) is 14.9 Å². The second-order valence-corrected chi connectivity index (χ2v) is 4.23. The van der Waals surface area contributed by atoms with Crippen molar-refractivity contribution in [3.05, 3.63) is 28.4 Å². The molecule has 1 atom stereocenters. The summed E-state index contributed by atoms with van der Waals surface area (Å²) in [6.07, 6.45) is 1.61. The van der Waals surface area contributed by atoms with Gasteiger partial charge in [-0.25, -0.2) is 4.98 Å². The Morgan fingerprint density at radius 2 is 2.28 bits per heavy atom. The van der Waals surface area contributed by atoms with E-state index in [1.165, 1.54) is 12.1 Å². The van der Waals surface area contributed by atoms with Crippen molar-refractivity contribution >= 4 is 17.5 Å². The number of rotatable bonds is 6. The maximum absolute atomic E-state index is 11.1. The molecule has 7 nitrogen and oxygen atoms in total. The minimum absolute atomic E-state index is 0.1000. The van der Waals surface area contributed by atoms with Crippen LogP contribution in [0, 0.1) is 15.5 Å². The van der Waals surface area contributed by atoms with E-state index in [1.807, 2.05) is 0 Å². The largest absolute Gasteiger partial charge is 0.481 e. The van der Waals surface area contributed by atoms with Crippen molar-refractivity contribution in [2.45, 2.75) is 20.3 Å². The number of carbonyl (C=O) groups is 1. The number of carboxylic acid groups (broad SMARTS) is 1. The first kappa shape index (κ1) is 13.9. The molecule has 0 aliphatic carbocycles. The van der Waals surface area contributed by atoms with Crippen molar-refractivity contribution in [1.29, 1.82) is 0 Å². The van der Waals surface area contributed by atoms with Crippen LogP contribution in [0.4, 0.5) is 11.5 Å². The van der Waals surface area contributed by atoms with Crippen molar-refractivity contribution in [3.8, 4) is 0 Å². The van der Waals surface area contributed by atoms with Crippen LogP contribution in [-0.2, 0) is 4.79 Å². The predicted molar refractivity (Wildman–Crippen MR) is 65.4 cm³/mol. The van der Waals surface area contributed by atoms with Gasteiger partial charge >= 0.3 is 5.97 Å². The number of anilines is 1. The second-order valence-electron chi connectivity index (χ2n) is 4.23. The van der Waals surface area contributed by atoms with Crippen molar-refractivity contribution in [1.82, 2.24) is 4.98 Å². The monoisotopic (exact) mass is 253 g/mol. The van der Waals surface area contributed by atoms with E-state index >= 15 is 0 Å². The SMILES string of the molecule is CCC(C)(CNc1ccc([N+](=O)[O-])cn1)C(=O)O. The van der Waals surface area contributed by atoms with E-state index in [1.54, 1.807) is 13.8 Å². The Hall–Kier alpha value is -2.18. The fraction of sp³-hybridized carbons (Fsp3) is 0.455. The highest BCUT2D eigenvalue weighted by Crippen LogP contribution is 2.22. The van der Waals surface area contributed by atoms with Crippen LogP contribution < -0.4 is 5.32 Å². The van der Waals surface area contributed by atoms with Crippen LogP contribution in [0.1, 0.15) is 20.3 Å². The summed E-state index contributed by atoms with van der Waals surface area (Å²) in [5, 5.41) is 22.4. The van der Waals surface area contributed by atoms with Gasteiger partial charge in [0.05, 0.1) is 10.3 Å². The molecule has 0 saturated carbocycles. The number of nitrogens with zero attached hydrogens (tertiary/aromatic N) is 2. The molecule has 2 N–H and O–H groups in total. The van der Waals surface area contributed by atoms with Crippen LogP contribution >= 0.6 is 0 Å². The maximum atomic E-state index is 11.1. The molecular formula is C11H15N3O4. The van der Waals surface area contributed by atoms with Crippen LogP contribution in [0.25, 0.3) is 0 Å². The zero-order chi connectivity index (χ0) is 13.8. The number of pyridine rings is 1. The van der Waals surface area contributed by atoms with Crippen LogP contribution in [0.15, 0.2) is 18.3 Å². The average Bonchev–Trinajstić information content (AvgIpc) is 2.36. The zero-order valence-corrected chi connectivity index (χ0v) is 10.2. The van der Waals surface area contributed by atoms with Gasteiger partial charge in [0.15, 0.2) is 0 Å². The van der Waals surface area contributed by atoms with Gasteiger partial charge in [0, 0.05) is 12.6 Å². The molecule has 0 bridgehead atoms. The topological polar surface area (TPSA) is 105 Å². The molecule has 0 spiro atoms. The summed E-state index contributed by atoms with van der Waals surface area (Å²) >= 11 is 0. The lowest BCUT2D eigenvalue weighted by Gasteiger charge is -2.23. The minimum atomic E-state index is -0.889. The third-order valence-corrected chi connectivity index (χ3v) is 2.92. The third kappa shape index (κ3) is 3.16. The number of aliphatic carboxylic acids is 1. The first-order chi connectivity index (χ1) is 8.39. The van der Waals surface area contributed by atoms with Crippen LogP contribution in [-0.4, -0.2) is 27.5 Å². The highest BCUT2D eigenvalue weighted by Gasteiger charge is 2.30. The quantitative estimate of drug-likeness (QED) is 0.592. The van der Waals surface area contributed by atoms with E-state index in [0.29, 0.717) is 12.2 Å². The second kappa shape index (κ2) is 5.44. The van der Waals surface area contributed by atoms with Crippen LogP contribution in [0.3, 0.4) is 0 Å². The number of hydrogen-bond donors (Lipinski definition) is 2. The van der Waals surface area contributed by atoms with E-state index in [9.17, 15) is 14.9 Å². The molecule has 0 saturated heterocycles. The molecule has 1 aromatic rings. The van der Waals surface area contributed by atoms with E-state index in [2.05, 4.69) is 10.3 Å². The van der Waals surface area contributed by atoms with Crippen molar-refractivity contribution in [2.75, 3.05) is 11.9 Å². The molecule has 7 heteroatoms. The normalized spacial score (nSPS) is 13.7. The predicted octanol–water partition coefficient (Wildman–Crippen LogP) is 1.90. The highest BCUT2D eigenvalue weighted by molar-refractivity contribution is 5.74. The molecule has 1 aromatic heterocycles. The van der Waals surface area contributed by atoms with Crippen molar-refractivity contribution in [2.24, 2.45) is 5.41 Å². The Morgan fingerprint density at radius 3 is 2.67 bits per heavy atom. The summed E-state index contributed by atoms with van der Waals surface area (Å²) in [5.41, 5.74) is -0.985. The number of aromatic nitrogens is 1. The lowest BCUT2D eigenvalue weighted by Crippen LogP contribution is -2.34. The molecule has 0 radical (unpaired) electrons. The zero-order valence-electron chi connectivity index (χ0n) is 10.2. The van der Waals surface area contributed by atoms with Crippen LogP contribution in [0.2, 0.25) is 0 Å². The standard InChI is InChI=1S/C11H15N3O4/c1-3-11(2,10(15)16)7-13-9-5-4-8(6-12-9)14(17)18/h4-6H,3,7H2,1-2H3,(H,12,13)(H,15,16). The number of carboxylic acids is 1. The van der Waals surface area contributed by atoms with Gasteiger partial charge in [-0.1, -0.05) is 6.92 Å². The molecule has 0 aliphatic heterocycles. The Kier molecular flexibility index (Phi) is 4.19. The number of nitrogens with one attached hydrogen (secondary N) is 1. The summed E-state index contributed by atoms with van der Waals surface area (Å²) in [5.74, 6) is -0.471. The molecule has 1 rings (SSSR count). The first-order valence-electron chi connectivity index (χ1n) is 5.47. The van der Waals surface area contributed by atoms with E-state index < -0.39 is 16.3 Å². The third-order valence-electron chi connectivity index (χ3n) is 2.92. The Morgan fingerprint density at radius 1 is 1.61 bits per heavy atom. The van der Waals surface area contributed by atoms with Gasteiger partial charge in [0.2, 0.25) is 0 Å². The molecular weight excluding hydrogens is 238 g/mol. The molecule has 1 heterocycles. The highest BCUT2D eigenvalue weighted by atomic mass is 16.6. The van der Waals surface area contributed by atoms with Crippen LogP contribution in [0.5, 0.6) is 0 Å². The van der Waals surface area contributed by atoms with E-state index in [-0.39, 0.29) is 12.2 Å². The Balaban J connectivity index is 2.69. The number of hydrogen-bond acceptors (Lipinski definition) is 5. The molecule has 0 fully saturated rings. The van der Waals surface area contributed by atoms with Gasteiger partial charge in [-0.05, 0) is 19.4 Å². The molecule has 98 valence electrons. The lowest BCUT2D eigenvalue weighted by atomic mass is 9.88. The molecule has 18 heavy (non-hydrogen) atoms. The minimum Gasteiger partial charge on any atom is -0.481 e. The summed E-state index contributed by atoms with van der Waals surface area (Å²) in [6, 6.07) is 2.77. The molecule has 0 amide bonds. The van der Waals surface area contributed by atoms with Gasteiger partial charge in [0.1, 0.15) is 12.0 Å². The summed E-state index contributed by atoms with van der Waals surface area (Å²) < 4.78 is 0. The van der Waals surface area contributed by atoms with E-state index in [0.717, 1.165) is 6.20 Å². The summed E-state index contributed by atoms with van der Waals surface area (Å²) in [6.45, 7) is 3.64. The Labute approximate surface area is 104 Å².